The van der Waals surface area contributed by atoms with Gasteiger partial charge in [0.1, 0.15) is 6.17 Å². The molecule has 0 aliphatic heterocycles. The lowest BCUT2D eigenvalue weighted by atomic mass is 9.71. The summed E-state index contributed by atoms with van der Waals surface area (Å²) < 4.78 is 18.6. The minimum absolute atomic E-state index is 0.154. The van der Waals surface area contributed by atoms with Crippen molar-refractivity contribution in [2.24, 2.45) is 11.3 Å². The third-order valence-corrected chi connectivity index (χ3v) is 3.24. The summed E-state index contributed by atoms with van der Waals surface area (Å²) >= 11 is 0. The van der Waals surface area contributed by atoms with Gasteiger partial charge in [0, 0.05) is 7.11 Å². The van der Waals surface area contributed by atoms with Crippen LogP contribution in [-0.2, 0) is 4.74 Å². The average Bonchev–Trinajstić information content (AvgIpc) is 2.02. The Morgan fingerprint density at radius 3 is 2.23 bits per heavy atom. The van der Waals surface area contributed by atoms with E-state index in [1.54, 1.807) is 7.11 Å². The van der Waals surface area contributed by atoms with Crippen LogP contribution in [0.5, 0.6) is 0 Å². The van der Waals surface area contributed by atoms with Gasteiger partial charge in [0.2, 0.25) is 0 Å². The van der Waals surface area contributed by atoms with Crippen molar-refractivity contribution in [2.75, 3.05) is 7.11 Å². The molecule has 0 amide bonds. The molecule has 0 saturated heterocycles. The molecule has 0 aromatic heterocycles. The van der Waals surface area contributed by atoms with Gasteiger partial charge in [-0.1, -0.05) is 20.8 Å². The summed E-state index contributed by atoms with van der Waals surface area (Å²) in [6, 6.07) is 0. The largest absolute Gasteiger partial charge is 0.378 e. The number of alkyl halides is 1. The Morgan fingerprint density at radius 2 is 1.85 bits per heavy atom. The number of hydrogen-bond donors (Lipinski definition) is 0. The maximum absolute atomic E-state index is 13.5. The fourth-order valence-corrected chi connectivity index (χ4v) is 2.14. The molecule has 1 nitrogen and oxygen atoms in total. The van der Waals surface area contributed by atoms with Crippen molar-refractivity contribution in [3.05, 3.63) is 0 Å². The van der Waals surface area contributed by atoms with Crippen molar-refractivity contribution >= 4 is 0 Å². The molecular formula is C11H21FO. The molecule has 1 aliphatic carbocycles. The van der Waals surface area contributed by atoms with E-state index in [1.165, 1.54) is 0 Å². The summed E-state index contributed by atoms with van der Waals surface area (Å²) in [5, 5.41) is 0. The van der Waals surface area contributed by atoms with Gasteiger partial charge in [0.25, 0.3) is 0 Å². The predicted molar refractivity (Wildman–Crippen MR) is 52.5 cm³/mol. The van der Waals surface area contributed by atoms with E-state index in [0.29, 0.717) is 12.3 Å². The molecule has 1 unspecified atom stereocenters. The maximum atomic E-state index is 13.5. The summed E-state index contributed by atoms with van der Waals surface area (Å²) in [4.78, 5) is 0. The monoisotopic (exact) mass is 188 g/mol. The van der Waals surface area contributed by atoms with E-state index in [-0.39, 0.29) is 11.5 Å². The fourth-order valence-electron chi connectivity index (χ4n) is 2.14. The molecule has 0 N–H and O–H groups in total. The Kier molecular flexibility index (Phi) is 3.33. The summed E-state index contributed by atoms with van der Waals surface area (Å²) in [6.07, 6.45) is 1.73. The first kappa shape index (κ1) is 11.0. The predicted octanol–water partition coefficient (Wildman–Crippen LogP) is 3.19. The summed E-state index contributed by atoms with van der Waals surface area (Å²) in [6.45, 7) is 6.58. The quantitative estimate of drug-likeness (QED) is 0.614. The van der Waals surface area contributed by atoms with Gasteiger partial charge in [-0.05, 0) is 30.6 Å². The molecule has 2 heteroatoms. The minimum Gasteiger partial charge on any atom is -0.378 e. The molecule has 13 heavy (non-hydrogen) atoms. The number of hydrogen-bond acceptors (Lipinski definition) is 1. The molecule has 0 heterocycles. The molecule has 3 atom stereocenters. The van der Waals surface area contributed by atoms with Crippen LogP contribution in [0, 0.1) is 11.3 Å². The lowest BCUT2D eigenvalue weighted by Crippen LogP contribution is -2.36. The van der Waals surface area contributed by atoms with Gasteiger partial charge in [-0.15, -0.1) is 0 Å². The molecule has 0 aromatic carbocycles. The third-order valence-electron chi connectivity index (χ3n) is 3.24. The van der Waals surface area contributed by atoms with Gasteiger partial charge in [0.15, 0.2) is 0 Å². The van der Waals surface area contributed by atoms with Crippen LogP contribution in [0.15, 0.2) is 0 Å². The van der Waals surface area contributed by atoms with Crippen LogP contribution in [0.4, 0.5) is 4.39 Å². The van der Waals surface area contributed by atoms with E-state index in [1.807, 2.05) is 0 Å². The summed E-state index contributed by atoms with van der Waals surface area (Å²) in [5.74, 6) is 0.508. The van der Waals surface area contributed by atoms with E-state index in [2.05, 4.69) is 20.8 Å². The first-order valence-corrected chi connectivity index (χ1v) is 5.12. The van der Waals surface area contributed by atoms with Crippen molar-refractivity contribution in [3.8, 4) is 0 Å². The molecular weight excluding hydrogens is 167 g/mol. The zero-order valence-corrected chi connectivity index (χ0v) is 9.14. The molecule has 0 radical (unpaired) electrons. The Morgan fingerprint density at radius 1 is 1.23 bits per heavy atom. The van der Waals surface area contributed by atoms with Gasteiger partial charge in [-0.25, -0.2) is 4.39 Å². The zero-order valence-electron chi connectivity index (χ0n) is 9.14. The topological polar surface area (TPSA) is 9.23 Å². The van der Waals surface area contributed by atoms with Crippen LogP contribution in [0.25, 0.3) is 0 Å². The molecule has 0 aromatic rings. The van der Waals surface area contributed by atoms with Gasteiger partial charge in [-0.2, -0.15) is 0 Å². The van der Waals surface area contributed by atoms with Gasteiger partial charge >= 0.3 is 0 Å². The SMILES string of the molecule is CO[C@@H]1CC[C@@H](C(C)(C)C)CC1F. The van der Waals surface area contributed by atoms with Crippen LogP contribution >= 0.6 is 0 Å². The zero-order chi connectivity index (χ0) is 10.1. The van der Waals surface area contributed by atoms with Crippen LogP contribution in [0.3, 0.4) is 0 Å². The Balaban J connectivity index is 2.51. The van der Waals surface area contributed by atoms with Gasteiger partial charge < -0.3 is 4.74 Å². The van der Waals surface area contributed by atoms with Crippen LogP contribution in [0.2, 0.25) is 0 Å². The van der Waals surface area contributed by atoms with Gasteiger partial charge in [-0.3, -0.25) is 0 Å². The molecule has 1 aliphatic rings. The van der Waals surface area contributed by atoms with E-state index in [4.69, 9.17) is 4.74 Å². The van der Waals surface area contributed by atoms with Gasteiger partial charge in [0.05, 0.1) is 6.10 Å². The minimum atomic E-state index is -0.761. The third kappa shape index (κ3) is 2.67. The maximum Gasteiger partial charge on any atom is 0.126 e. The normalized spacial score (nSPS) is 36.2. The molecule has 78 valence electrons. The van der Waals surface area contributed by atoms with E-state index in [0.717, 1.165) is 12.8 Å². The second kappa shape index (κ2) is 3.95. The second-order valence-electron chi connectivity index (χ2n) is 5.17. The van der Waals surface area contributed by atoms with E-state index >= 15 is 0 Å². The Bertz CT molecular complexity index is 162. The van der Waals surface area contributed by atoms with Crippen LogP contribution < -0.4 is 0 Å². The Hall–Kier alpha value is -0.110. The van der Waals surface area contributed by atoms with Crippen molar-refractivity contribution in [2.45, 2.75) is 52.3 Å². The van der Waals surface area contributed by atoms with Crippen LogP contribution in [-0.4, -0.2) is 19.4 Å². The van der Waals surface area contributed by atoms with Crippen molar-refractivity contribution in [1.29, 1.82) is 0 Å². The highest BCUT2D eigenvalue weighted by Gasteiger charge is 2.35. The fraction of sp³-hybridized carbons (Fsp3) is 1.00. The van der Waals surface area contributed by atoms with Crippen molar-refractivity contribution < 1.29 is 9.13 Å². The molecule has 1 saturated carbocycles. The molecule has 0 spiro atoms. The summed E-state index contributed by atoms with van der Waals surface area (Å²) in [7, 11) is 1.61. The number of methoxy groups -OCH3 is 1. The molecule has 1 fully saturated rings. The second-order valence-corrected chi connectivity index (χ2v) is 5.17. The van der Waals surface area contributed by atoms with E-state index in [9.17, 15) is 4.39 Å². The van der Waals surface area contributed by atoms with Crippen molar-refractivity contribution in [1.82, 2.24) is 0 Å². The standard InChI is InChI=1S/C11H21FO/c1-11(2,3)8-5-6-10(13-4)9(12)7-8/h8-10H,5-7H2,1-4H3/t8-,9?,10-/m1/s1. The summed E-state index contributed by atoms with van der Waals surface area (Å²) in [5.41, 5.74) is 0.239. The lowest BCUT2D eigenvalue weighted by molar-refractivity contribution is -0.0266. The highest BCUT2D eigenvalue weighted by Crippen LogP contribution is 2.39. The average molecular weight is 188 g/mol. The molecule has 1 rings (SSSR count). The van der Waals surface area contributed by atoms with E-state index < -0.39 is 6.17 Å². The smallest absolute Gasteiger partial charge is 0.126 e. The van der Waals surface area contributed by atoms with Crippen molar-refractivity contribution in [3.63, 3.8) is 0 Å². The highest BCUT2D eigenvalue weighted by molar-refractivity contribution is 4.86. The molecule has 0 bridgehead atoms. The van der Waals surface area contributed by atoms with Crippen LogP contribution in [0.1, 0.15) is 40.0 Å². The number of ether oxygens (including phenoxy) is 1. The first-order chi connectivity index (χ1) is 5.95. The lowest BCUT2D eigenvalue weighted by Gasteiger charge is -2.38. The highest BCUT2D eigenvalue weighted by atomic mass is 19.1. The Labute approximate surface area is 80.7 Å². The number of rotatable bonds is 1. The number of halogens is 1. The first-order valence-electron chi connectivity index (χ1n) is 5.12.